The Bertz CT molecular complexity index is 221. The Hall–Kier alpha value is -0.130. The van der Waals surface area contributed by atoms with Crippen LogP contribution in [0.4, 0.5) is 0 Å². The lowest BCUT2D eigenvalue weighted by atomic mass is 10.0. The molecule has 0 radical (unpaired) electrons. The number of hydrogen-bond donors (Lipinski definition) is 2. The van der Waals surface area contributed by atoms with E-state index in [1.165, 1.54) is 0 Å². The molecule has 0 spiro atoms. The van der Waals surface area contributed by atoms with Crippen LogP contribution in [-0.4, -0.2) is 42.8 Å². The maximum atomic E-state index is 10.9. The highest BCUT2D eigenvalue weighted by Gasteiger charge is 2.30. The molecule has 0 unspecified atom stereocenters. The normalized spacial score (nSPS) is 36.9. The zero-order valence-electron chi connectivity index (χ0n) is 6.10. The van der Waals surface area contributed by atoms with Crippen molar-refractivity contribution in [2.24, 2.45) is 5.92 Å². The van der Waals surface area contributed by atoms with Crippen molar-refractivity contribution >= 4 is 9.84 Å². The summed E-state index contributed by atoms with van der Waals surface area (Å²) in [4.78, 5) is 0. The van der Waals surface area contributed by atoms with E-state index in [0.29, 0.717) is 0 Å². The third-order valence-corrected chi connectivity index (χ3v) is 3.77. The molecule has 0 saturated carbocycles. The molecule has 2 atom stereocenters. The van der Waals surface area contributed by atoms with Crippen molar-refractivity contribution in [3.63, 3.8) is 0 Å². The summed E-state index contributed by atoms with van der Waals surface area (Å²) in [7, 11) is -3.00. The minimum atomic E-state index is -3.00. The van der Waals surface area contributed by atoms with Gasteiger partial charge in [0.2, 0.25) is 0 Å². The Balaban J connectivity index is 2.66. The van der Waals surface area contributed by atoms with E-state index in [4.69, 9.17) is 5.11 Å². The first-order chi connectivity index (χ1) is 5.05. The molecule has 1 saturated heterocycles. The molecule has 0 aromatic carbocycles. The van der Waals surface area contributed by atoms with Crippen LogP contribution in [0.5, 0.6) is 0 Å². The van der Waals surface area contributed by atoms with E-state index in [1.807, 2.05) is 0 Å². The standard InChI is InChI=1S/C6H12O4S/c7-3-5-4-11(9,10)2-1-6(5)8/h5-8H,1-4H2/t5-,6+/m0/s1. The van der Waals surface area contributed by atoms with Crippen LogP contribution in [0, 0.1) is 5.92 Å². The molecule has 0 bridgehead atoms. The summed E-state index contributed by atoms with van der Waals surface area (Å²) in [6.07, 6.45) is -0.392. The van der Waals surface area contributed by atoms with Crippen LogP contribution in [0.25, 0.3) is 0 Å². The Labute approximate surface area is 65.8 Å². The summed E-state index contributed by atoms with van der Waals surface area (Å²) in [6.45, 7) is -0.250. The molecule has 1 fully saturated rings. The number of aliphatic hydroxyl groups excluding tert-OH is 2. The molecule has 1 heterocycles. The van der Waals surface area contributed by atoms with Gasteiger partial charge < -0.3 is 10.2 Å². The zero-order valence-corrected chi connectivity index (χ0v) is 6.92. The van der Waals surface area contributed by atoms with Gasteiger partial charge in [-0.1, -0.05) is 0 Å². The van der Waals surface area contributed by atoms with E-state index in [1.54, 1.807) is 0 Å². The lowest BCUT2D eigenvalue weighted by molar-refractivity contribution is 0.0719. The zero-order chi connectivity index (χ0) is 8.48. The molecule has 1 aliphatic heterocycles. The van der Waals surface area contributed by atoms with Crippen LogP contribution in [0.1, 0.15) is 6.42 Å². The largest absolute Gasteiger partial charge is 0.396 e. The Morgan fingerprint density at radius 3 is 2.55 bits per heavy atom. The monoisotopic (exact) mass is 180 g/mol. The minimum absolute atomic E-state index is 0.0463. The van der Waals surface area contributed by atoms with Gasteiger partial charge in [0.15, 0.2) is 9.84 Å². The molecule has 0 aromatic rings. The molecule has 2 N–H and O–H groups in total. The first kappa shape index (κ1) is 8.96. The third-order valence-electron chi connectivity index (χ3n) is 1.97. The lowest BCUT2D eigenvalue weighted by Gasteiger charge is -2.25. The van der Waals surface area contributed by atoms with Gasteiger partial charge in [0.05, 0.1) is 17.6 Å². The second kappa shape index (κ2) is 3.08. The molecule has 11 heavy (non-hydrogen) atoms. The average Bonchev–Trinajstić information content (AvgIpc) is 1.94. The maximum Gasteiger partial charge on any atom is 0.150 e. The highest BCUT2D eigenvalue weighted by atomic mass is 32.2. The Morgan fingerprint density at radius 1 is 1.45 bits per heavy atom. The topological polar surface area (TPSA) is 74.6 Å². The summed E-state index contributed by atoms with van der Waals surface area (Å²) in [5.74, 6) is -0.510. The van der Waals surface area contributed by atoms with Crippen LogP contribution < -0.4 is 0 Å². The van der Waals surface area contributed by atoms with Crippen LogP contribution in [0.3, 0.4) is 0 Å². The van der Waals surface area contributed by atoms with Crippen molar-refractivity contribution in [2.45, 2.75) is 12.5 Å². The second-order valence-electron chi connectivity index (χ2n) is 2.91. The summed E-state index contributed by atoms with van der Waals surface area (Å²) >= 11 is 0. The molecule has 0 aromatic heterocycles. The smallest absolute Gasteiger partial charge is 0.150 e. The highest BCUT2D eigenvalue weighted by Crippen LogP contribution is 2.18. The van der Waals surface area contributed by atoms with Gasteiger partial charge in [-0.25, -0.2) is 8.42 Å². The first-order valence-corrected chi connectivity index (χ1v) is 5.36. The van der Waals surface area contributed by atoms with Crippen molar-refractivity contribution in [2.75, 3.05) is 18.1 Å². The van der Waals surface area contributed by atoms with Crippen molar-refractivity contribution in [3.8, 4) is 0 Å². The van der Waals surface area contributed by atoms with Gasteiger partial charge >= 0.3 is 0 Å². The molecule has 66 valence electrons. The summed E-state index contributed by atoms with van der Waals surface area (Å²) in [6, 6.07) is 0. The summed E-state index contributed by atoms with van der Waals surface area (Å²) in [5.41, 5.74) is 0. The summed E-state index contributed by atoms with van der Waals surface area (Å²) < 4.78 is 21.9. The number of aliphatic hydroxyl groups is 2. The van der Waals surface area contributed by atoms with Crippen molar-refractivity contribution < 1.29 is 18.6 Å². The number of hydrogen-bond acceptors (Lipinski definition) is 4. The Kier molecular flexibility index (Phi) is 2.51. The SMILES string of the molecule is O=S1(=O)CC[C@@H](O)[C@@H](CO)C1. The second-order valence-corrected chi connectivity index (χ2v) is 5.14. The van der Waals surface area contributed by atoms with E-state index in [2.05, 4.69) is 0 Å². The van der Waals surface area contributed by atoms with Gasteiger partial charge in [-0.2, -0.15) is 0 Å². The van der Waals surface area contributed by atoms with Gasteiger partial charge in [0, 0.05) is 12.5 Å². The maximum absolute atomic E-state index is 10.9. The fourth-order valence-corrected chi connectivity index (χ4v) is 2.98. The van der Waals surface area contributed by atoms with Crippen molar-refractivity contribution in [3.05, 3.63) is 0 Å². The third kappa shape index (κ3) is 2.15. The Morgan fingerprint density at radius 2 is 2.09 bits per heavy atom. The van der Waals surface area contributed by atoms with Crippen LogP contribution in [0.15, 0.2) is 0 Å². The predicted molar refractivity (Wildman–Crippen MR) is 39.9 cm³/mol. The predicted octanol–water partition coefficient (Wildman–Crippen LogP) is -1.23. The molecule has 0 amide bonds. The van der Waals surface area contributed by atoms with Crippen LogP contribution in [0.2, 0.25) is 0 Å². The minimum Gasteiger partial charge on any atom is -0.396 e. The fraction of sp³-hybridized carbons (Fsp3) is 1.00. The van der Waals surface area contributed by atoms with Gasteiger partial charge in [-0.3, -0.25) is 0 Å². The molecule has 4 nitrogen and oxygen atoms in total. The molecule has 1 rings (SSSR count). The average molecular weight is 180 g/mol. The highest BCUT2D eigenvalue weighted by molar-refractivity contribution is 7.91. The van der Waals surface area contributed by atoms with Crippen molar-refractivity contribution in [1.82, 2.24) is 0 Å². The van der Waals surface area contributed by atoms with Gasteiger partial charge in [-0.15, -0.1) is 0 Å². The van der Waals surface area contributed by atoms with E-state index in [9.17, 15) is 13.5 Å². The lowest BCUT2D eigenvalue weighted by Crippen LogP contribution is -2.38. The van der Waals surface area contributed by atoms with Crippen LogP contribution >= 0.6 is 0 Å². The van der Waals surface area contributed by atoms with Gasteiger partial charge in [-0.05, 0) is 6.42 Å². The van der Waals surface area contributed by atoms with Crippen LogP contribution in [-0.2, 0) is 9.84 Å². The van der Waals surface area contributed by atoms with E-state index >= 15 is 0 Å². The molecular weight excluding hydrogens is 168 g/mol. The molecular formula is C6H12O4S. The van der Waals surface area contributed by atoms with Gasteiger partial charge in [0.25, 0.3) is 0 Å². The number of rotatable bonds is 1. The quantitative estimate of drug-likeness (QED) is 0.530. The van der Waals surface area contributed by atoms with Gasteiger partial charge in [0.1, 0.15) is 0 Å². The van der Waals surface area contributed by atoms with E-state index < -0.39 is 21.9 Å². The molecule has 0 aliphatic carbocycles. The molecule has 5 heteroatoms. The van der Waals surface area contributed by atoms with Crippen molar-refractivity contribution in [1.29, 1.82) is 0 Å². The summed E-state index contributed by atoms with van der Waals surface area (Å²) in [5, 5.41) is 17.8. The van der Waals surface area contributed by atoms with E-state index in [-0.39, 0.29) is 24.5 Å². The molecule has 1 aliphatic rings. The van der Waals surface area contributed by atoms with E-state index in [0.717, 1.165) is 0 Å². The fourth-order valence-electron chi connectivity index (χ4n) is 1.23. The first-order valence-electron chi connectivity index (χ1n) is 3.54. The number of sulfone groups is 1.